The fraction of sp³-hybridized carbons (Fsp3) is 0. The number of phenolic OH excluding ortho intramolecular Hbond substituents is 1. The first kappa shape index (κ1) is 14.6. The fourth-order valence-corrected chi connectivity index (χ4v) is 1.79. The van der Waals surface area contributed by atoms with Crippen molar-refractivity contribution >= 4 is 34.7 Å². The van der Waals surface area contributed by atoms with E-state index in [4.69, 9.17) is 11.6 Å². The second-order valence-corrected chi connectivity index (χ2v) is 4.46. The molecule has 0 heterocycles. The van der Waals surface area contributed by atoms with Gasteiger partial charge in [-0.2, -0.15) is 0 Å². The normalized spacial score (nSPS) is 9.95. The van der Waals surface area contributed by atoms with E-state index in [1.807, 2.05) is 0 Å². The quantitative estimate of drug-likeness (QED) is 0.595. The van der Waals surface area contributed by atoms with Gasteiger partial charge in [-0.15, -0.1) is 0 Å². The van der Waals surface area contributed by atoms with Crippen molar-refractivity contribution in [2.75, 3.05) is 10.6 Å². The van der Waals surface area contributed by atoms with Crippen LogP contribution in [0.4, 0.5) is 21.9 Å². The summed E-state index contributed by atoms with van der Waals surface area (Å²) in [5, 5.41) is 24.9. The van der Waals surface area contributed by atoms with Crippen molar-refractivity contribution in [3.8, 4) is 5.75 Å². The Morgan fingerprint density at radius 3 is 2.43 bits per heavy atom. The van der Waals surface area contributed by atoms with Crippen LogP contribution in [0, 0.1) is 10.1 Å². The summed E-state index contributed by atoms with van der Waals surface area (Å²) >= 11 is 5.68. The van der Waals surface area contributed by atoms with Gasteiger partial charge < -0.3 is 15.7 Å². The Bertz CT molecular complexity index is 706. The van der Waals surface area contributed by atoms with Crippen molar-refractivity contribution in [1.29, 1.82) is 0 Å². The Labute approximate surface area is 124 Å². The molecule has 0 radical (unpaired) electrons. The third kappa shape index (κ3) is 3.83. The number of aromatic hydroxyl groups is 1. The molecule has 0 atom stereocenters. The lowest BCUT2D eigenvalue weighted by Crippen LogP contribution is -2.19. The van der Waals surface area contributed by atoms with Gasteiger partial charge in [-0.05, 0) is 24.3 Å². The van der Waals surface area contributed by atoms with Crippen LogP contribution in [0.2, 0.25) is 5.02 Å². The van der Waals surface area contributed by atoms with Gasteiger partial charge in [0.05, 0.1) is 4.92 Å². The van der Waals surface area contributed by atoms with E-state index in [0.29, 0.717) is 5.69 Å². The topological polar surface area (TPSA) is 104 Å². The van der Waals surface area contributed by atoms with Crippen LogP contribution in [0.5, 0.6) is 5.75 Å². The molecule has 0 saturated heterocycles. The minimum absolute atomic E-state index is 0.00920. The maximum Gasteiger partial charge on any atom is 0.323 e. The molecule has 0 unspecified atom stereocenters. The lowest BCUT2D eigenvalue weighted by atomic mass is 10.3. The van der Waals surface area contributed by atoms with E-state index in [-0.39, 0.29) is 22.1 Å². The standard InChI is InChI=1S/C13H10ClN3O4/c14-11-5-4-9(7-12(11)17(20)21)16-13(19)15-8-2-1-3-10(18)6-8/h1-7,18H,(H2,15,16,19). The van der Waals surface area contributed by atoms with Crippen molar-refractivity contribution in [3.63, 3.8) is 0 Å². The van der Waals surface area contributed by atoms with E-state index in [2.05, 4.69) is 10.6 Å². The van der Waals surface area contributed by atoms with E-state index in [1.165, 1.54) is 24.3 Å². The number of nitrogens with one attached hydrogen (secondary N) is 2. The molecule has 0 aliphatic carbocycles. The average molecular weight is 308 g/mol. The van der Waals surface area contributed by atoms with E-state index in [9.17, 15) is 20.0 Å². The van der Waals surface area contributed by atoms with Crippen LogP contribution in [0.3, 0.4) is 0 Å². The predicted molar refractivity (Wildman–Crippen MR) is 78.9 cm³/mol. The Hall–Kier alpha value is -2.80. The van der Waals surface area contributed by atoms with Crippen molar-refractivity contribution in [2.24, 2.45) is 0 Å². The summed E-state index contributed by atoms with van der Waals surface area (Å²) in [4.78, 5) is 21.9. The van der Waals surface area contributed by atoms with Crippen molar-refractivity contribution < 1.29 is 14.8 Å². The number of hydrogen-bond donors (Lipinski definition) is 3. The number of benzene rings is 2. The van der Waals surface area contributed by atoms with Crippen LogP contribution in [0.25, 0.3) is 0 Å². The molecule has 0 aliphatic rings. The molecule has 0 spiro atoms. The van der Waals surface area contributed by atoms with Crippen LogP contribution < -0.4 is 10.6 Å². The molecule has 108 valence electrons. The Morgan fingerprint density at radius 2 is 1.81 bits per heavy atom. The summed E-state index contributed by atoms with van der Waals surface area (Å²) < 4.78 is 0. The fourth-order valence-electron chi connectivity index (χ4n) is 1.61. The second-order valence-electron chi connectivity index (χ2n) is 4.05. The van der Waals surface area contributed by atoms with Crippen LogP contribution in [-0.4, -0.2) is 16.1 Å². The van der Waals surface area contributed by atoms with Crippen LogP contribution in [0.1, 0.15) is 0 Å². The summed E-state index contributed by atoms with van der Waals surface area (Å²) in [5.41, 5.74) is 0.312. The molecule has 0 aliphatic heterocycles. The molecule has 21 heavy (non-hydrogen) atoms. The number of hydrogen-bond acceptors (Lipinski definition) is 4. The molecule has 8 heteroatoms. The zero-order chi connectivity index (χ0) is 15.4. The monoisotopic (exact) mass is 307 g/mol. The number of urea groups is 1. The highest BCUT2D eigenvalue weighted by molar-refractivity contribution is 6.32. The molecule has 0 fully saturated rings. The SMILES string of the molecule is O=C(Nc1cccc(O)c1)Nc1ccc(Cl)c([N+](=O)[O-])c1. The number of nitrogens with zero attached hydrogens (tertiary/aromatic N) is 1. The van der Waals surface area contributed by atoms with Crippen LogP contribution in [0.15, 0.2) is 42.5 Å². The Balaban J connectivity index is 2.09. The van der Waals surface area contributed by atoms with Gasteiger partial charge in [-0.1, -0.05) is 17.7 Å². The largest absolute Gasteiger partial charge is 0.508 e. The molecule has 2 amide bonds. The molecular weight excluding hydrogens is 298 g/mol. The third-order valence-corrected chi connectivity index (χ3v) is 2.82. The Kier molecular flexibility index (Phi) is 4.24. The van der Waals surface area contributed by atoms with Gasteiger partial charge in [-0.25, -0.2) is 4.79 Å². The number of halogens is 1. The number of phenols is 1. The highest BCUT2D eigenvalue weighted by Gasteiger charge is 2.13. The minimum Gasteiger partial charge on any atom is -0.508 e. The molecule has 2 aromatic rings. The van der Waals surface area contributed by atoms with Gasteiger partial charge in [-0.3, -0.25) is 10.1 Å². The van der Waals surface area contributed by atoms with Gasteiger partial charge in [0, 0.05) is 23.5 Å². The molecule has 0 saturated carbocycles. The van der Waals surface area contributed by atoms with E-state index < -0.39 is 11.0 Å². The molecule has 0 bridgehead atoms. The van der Waals surface area contributed by atoms with Crippen LogP contribution in [-0.2, 0) is 0 Å². The number of rotatable bonds is 3. The zero-order valence-electron chi connectivity index (χ0n) is 10.5. The number of nitro benzene ring substituents is 1. The average Bonchev–Trinajstić information content (AvgIpc) is 2.40. The number of carbonyl (C=O) groups excluding carboxylic acids is 1. The lowest BCUT2D eigenvalue weighted by Gasteiger charge is -2.08. The highest BCUT2D eigenvalue weighted by Crippen LogP contribution is 2.27. The minimum atomic E-state index is -0.638. The smallest absolute Gasteiger partial charge is 0.323 e. The van der Waals surface area contributed by atoms with E-state index in [1.54, 1.807) is 12.1 Å². The van der Waals surface area contributed by atoms with Crippen LogP contribution >= 0.6 is 11.6 Å². The molecule has 2 rings (SSSR count). The van der Waals surface area contributed by atoms with Gasteiger partial charge in [0.25, 0.3) is 5.69 Å². The predicted octanol–water partition coefficient (Wildman–Crippen LogP) is 3.60. The molecule has 0 aromatic heterocycles. The van der Waals surface area contributed by atoms with Gasteiger partial charge in [0.2, 0.25) is 0 Å². The van der Waals surface area contributed by atoms with E-state index in [0.717, 1.165) is 6.07 Å². The zero-order valence-corrected chi connectivity index (χ0v) is 11.3. The lowest BCUT2D eigenvalue weighted by molar-refractivity contribution is -0.384. The van der Waals surface area contributed by atoms with Crippen molar-refractivity contribution in [3.05, 3.63) is 57.6 Å². The highest BCUT2D eigenvalue weighted by atomic mass is 35.5. The van der Waals surface area contributed by atoms with Gasteiger partial charge >= 0.3 is 6.03 Å². The third-order valence-electron chi connectivity index (χ3n) is 2.50. The summed E-state index contributed by atoms with van der Waals surface area (Å²) in [7, 11) is 0. The van der Waals surface area contributed by atoms with E-state index >= 15 is 0 Å². The van der Waals surface area contributed by atoms with Crippen molar-refractivity contribution in [2.45, 2.75) is 0 Å². The second kappa shape index (κ2) is 6.10. The first-order valence-corrected chi connectivity index (χ1v) is 6.14. The summed E-state index contributed by atoms with van der Waals surface area (Å²) in [6.07, 6.45) is 0. The summed E-state index contributed by atoms with van der Waals surface area (Å²) in [6.45, 7) is 0. The maximum absolute atomic E-state index is 11.8. The number of amides is 2. The molecular formula is C13H10ClN3O4. The first-order chi connectivity index (χ1) is 9.95. The first-order valence-electron chi connectivity index (χ1n) is 5.76. The number of carbonyl (C=O) groups is 1. The van der Waals surface area contributed by atoms with Crippen molar-refractivity contribution in [1.82, 2.24) is 0 Å². The number of nitro groups is 1. The molecule has 2 aromatic carbocycles. The summed E-state index contributed by atoms with van der Waals surface area (Å²) in [6, 6.07) is 9.31. The Morgan fingerprint density at radius 1 is 1.14 bits per heavy atom. The molecule has 3 N–H and O–H groups in total. The molecule has 7 nitrogen and oxygen atoms in total. The van der Waals surface area contributed by atoms with Gasteiger partial charge in [0.15, 0.2) is 0 Å². The maximum atomic E-state index is 11.8. The summed E-state index contributed by atoms with van der Waals surface area (Å²) in [5.74, 6) is 0.00920. The van der Waals surface area contributed by atoms with Gasteiger partial charge in [0.1, 0.15) is 10.8 Å². The number of anilines is 2.